The van der Waals surface area contributed by atoms with Crippen molar-refractivity contribution in [2.45, 2.75) is 0 Å². The molecule has 0 heterocycles. The van der Waals surface area contributed by atoms with Gasteiger partial charge in [-0.3, -0.25) is 0 Å². The van der Waals surface area contributed by atoms with Crippen molar-refractivity contribution in [3.63, 3.8) is 0 Å². The van der Waals surface area contributed by atoms with Gasteiger partial charge < -0.3 is 5.73 Å². The molecule has 0 amide bonds. The van der Waals surface area contributed by atoms with E-state index in [0.717, 1.165) is 11.6 Å². The molecule has 2 rings (SSSR count). The molecule has 0 aliphatic carbocycles. The summed E-state index contributed by atoms with van der Waals surface area (Å²) < 4.78 is 14.2. The fourth-order valence-electron chi connectivity index (χ4n) is 2.01. The summed E-state index contributed by atoms with van der Waals surface area (Å²) in [7, 11) is 0. The van der Waals surface area contributed by atoms with Crippen LogP contribution in [0.3, 0.4) is 0 Å². The van der Waals surface area contributed by atoms with Crippen LogP contribution in [0.2, 0.25) is 0 Å². The molecule has 24 heavy (non-hydrogen) atoms. The lowest BCUT2D eigenvalue weighted by Crippen LogP contribution is -1.90. The van der Waals surface area contributed by atoms with Crippen LogP contribution in [0, 0.1) is 39.8 Å². The Bertz CT molecular complexity index is 933. The van der Waals surface area contributed by atoms with Gasteiger partial charge >= 0.3 is 0 Å². The van der Waals surface area contributed by atoms with Gasteiger partial charge in [-0.2, -0.15) is 15.8 Å². The predicted molar refractivity (Wildman–Crippen MR) is 89.9 cm³/mol. The molecule has 0 fully saturated rings. The lowest BCUT2D eigenvalue weighted by Gasteiger charge is -2.03. The molecule has 0 bridgehead atoms. The zero-order valence-electron chi connectivity index (χ0n) is 12.5. The fraction of sp³-hybridized carbons (Fsp3) is 0. The summed E-state index contributed by atoms with van der Waals surface area (Å²) in [6.45, 7) is 0. The first-order chi connectivity index (χ1) is 11.6. The van der Waals surface area contributed by atoms with Crippen LogP contribution in [0.15, 0.2) is 48.0 Å². The summed E-state index contributed by atoms with van der Waals surface area (Å²) >= 11 is 0. The Morgan fingerprint density at radius 2 is 1.58 bits per heavy atom. The number of nitrogens with two attached hydrogens (primary N) is 1. The molecular formula is C19H11FN4. The second-order valence-electron chi connectivity index (χ2n) is 4.82. The number of nitrogen functional groups attached to an aromatic ring is 1. The van der Waals surface area contributed by atoms with E-state index in [0.29, 0.717) is 11.3 Å². The Morgan fingerprint density at radius 3 is 2.12 bits per heavy atom. The van der Waals surface area contributed by atoms with Crippen LogP contribution in [0.5, 0.6) is 0 Å². The standard InChI is InChI=1S/C19H11FN4/c20-19-9-15(18(12-23)16(10-21)11-22)6-5-14(19)4-1-13-2-7-17(24)8-3-13/h1-9H,24H2/b4-1+. The van der Waals surface area contributed by atoms with Gasteiger partial charge in [-0.1, -0.05) is 36.4 Å². The van der Waals surface area contributed by atoms with Crippen molar-refractivity contribution in [2.24, 2.45) is 0 Å². The van der Waals surface area contributed by atoms with Gasteiger partial charge in [-0.15, -0.1) is 0 Å². The molecular weight excluding hydrogens is 303 g/mol. The van der Waals surface area contributed by atoms with Crippen molar-refractivity contribution >= 4 is 23.4 Å². The summed E-state index contributed by atoms with van der Waals surface area (Å²) in [6, 6.07) is 16.3. The van der Waals surface area contributed by atoms with Gasteiger partial charge in [-0.05, 0) is 29.3 Å². The maximum Gasteiger partial charge on any atom is 0.148 e. The van der Waals surface area contributed by atoms with Gasteiger partial charge in [-0.25, -0.2) is 4.39 Å². The normalized spacial score (nSPS) is 9.75. The van der Waals surface area contributed by atoms with Crippen LogP contribution in [-0.4, -0.2) is 0 Å². The number of halogens is 1. The highest BCUT2D eigenvalue weighted by atomic mass is 19.1. The molecule has 4 nitrogen and oxygen atoms in total. The zero-order chi connectivity index (χ0) is 17.5. The molecule has 0 aromatic heterocycles. The SMILES string of the molecule is N#CC(C#N)=C(C#N)c1ccc(/C=C/c2ccc(N)cc2)c(F)c1. The Balaban J connectivity index is 2.36. The Labute approximate surface area is 138 Å². The first kappa shape index (κ1) is 16.5. The zero-order valence-corrected chi connectivity index (χ0v) is 12.5. The average Bonchev–Trinajstić information content (AvgIpc) is 2.60. The highest BCUT2D eigenvalue weighted by molar-refractivity contribution is 5.85. The van der Waals surface area contributed by atoms with Crippen molar-refractivity contribution in [3.8, 4) is 18.2 Å². The Morgan fingerprint density at radius 1 is 0.917 bits per heavy atom. The third kappa shape index (κ3) is 3.65. The molecule has 0 aliphatic heterocycles. The van der Waals surface area contributed by atoms with E-state index in [1.165, 1.54) is 12.1 Å². The van der Waals surface area contributed by atoms with Crippen molar-refractivity contribution in [3.05, 3.63) is 70.5 Å². The fourth-order valence-corrected chi connectivity index (χ4v) is 2.01. The number of rotatable bonds is 3. The second-order valence-corrected chi connectivity index (χ2v) is 4.82. The van der Waals surface area contributed by atoms with E-state index in [9.17, 15) is 4.39 Å². The molecule has 0 aliphatic rings. The number of anilines is 1. The third-order valence-corrected chi connectivity index (χ3v) is 3.27. The highest BCUT2D eigenvalue weighted by Gasteiger charge is 2.10. The van der Waals surface area contributed by atoms with E-state index < -0.39 is 5.82 Å². The maximum absolute atomic E-state index is 14.2. The monoisotopic (exact) mass is 314 g/mol. The van der Waals surface area contributed by atoms with Crippen LogP contribution < -0.4 is 5.73 Å². The largest absolute Gasteiger partial charge is 0.399 e. The van der Waals surface area contributed by atoms with Crippen LogP contribution in [0.1, 0.15) is 16.7 Å². The summed E-state index contributed by atoms with van der Waals surface area (Å²) in [5.41, 5.74) is 7.13. The van der Waals surface area contributed by atoms with Gasteiger partial charge in [0.05, 0.1) is 5.57 Å². The van der Waals surface area contributed by atoms with E-state index in [1.54, 1.807) is 54.6 Å². The summed E-state index contributed by atoms with van der Waals surface area (Å²) in [5.74, 6) is -0.554. The van der Waals surface area contributed by atoms with Gasteiger partial charge in [0.15, 0.2) is 0 Å². The van der Waals surface area contributed by atoms with E-state index in [4.69, 9.17) is 21.5 Å². The molecule has 114 valence electrons. The number of hydrogen-bond acceptors (Lipinski definition) is 4. The van der Waals surface area contributed by atoms with Crippen molar-refractivity contribution < 1.29 is 4.39 Å². The minimum absolute atomic E-state index is 0.145. The number of allylic oxidation sites excluding steroid dienone is 2. The number of benzene rings is 2. The second kappa shape index (κ2) is 7.40. The van der Waals surface area contributed by atoms with E-state index >= 15 is 0 Å². The molecule has 0 atom stereocenters. The third-order valence-electron chi connectivity index (χ3n) is 3.27. The lowest BCUT2D eigenvalue weighted by molar-refractivity contribution is 0.625. The van der Waals surface area contributed by atoms with Crippen LogP contribution in [-0.2, 0) is 0 Å². The van der Waals surface area contributed by atoms with E-state index in [1.807, 2.05) is 0 Å². The van der Waals surface area contributed by atoms with Gasteiger partial charge in [0.2, 0.25) is 0 Å². The molecule has 5 heteroatoms. The quantitative estimate of drug-likeness (QED) is 0.527. The van der Waals surface area contributed by atoms with Crippen molar-refractivity contribution in [1.82, 2.24) is 0 Å². The molecule has 2 aromatic rings. The molecule has 0 unspecified atom stereocenters. The number of nitrogens with zero attached hydrogens (tertiary/aromatic N) is 3. The molecule has 0 saturated carbocycles. The molecule has 0 spiro atoms. The predicted octanol–water partition coefficient (Wildman–Crippen LogP) is 3.90. The van der Waals surface area contributed by atoms with E-state index in [2.05, 4.69) is 0 Å². The summed E-state index contributed by atoms with van der Waals surface area (Å²) in [6.07, 6.45) is 3.32. The van der Waals surface area contributed by atoms with E-state index in [-0.39, 0.29) is 16.7 Å². The minimum atomic E-state index is -0.554. The number of nitriles is 3. The summed E-state index contributed by atoms with van der Waals surface area (Å²) in [5, 5.41) is 26.8. The molecule has 0 radical (unpaired) electrons. The topological polar surface area (TPSA) is 97.4 Å². The Kier molecular flexibility index (Phi) is 5.09. The van der Waals surface area contributed by atoms with Gasteiger partial charge in [0.1, 0.15) is 29.6 Å². The van der Waals surface area contributed by atoms with Gasteiger partial charge in [0.25, 0.3) is 0 Å². The first-order valence-electron chi connectivity index (χ1n) is 6.87. The minimum Gasteiger partial charge on any atom is -0.399 e. The van der Waals surface area contributed by atoms with Gasteiger partial charge in [0, 0.05) is 11.3 Å². The van der Waals surface area contributed by atoms with Crippen molar-refractivity contribution in [1.29, 1.82) is 15.8 Å². The maximum atomic E-state index is 14.2. The highest BCUT2D eigenvalue weighted by Crippen LogP contribution is 2.22. The molecule has 2 N–H and O–H groups in total. The van der Waals surface area contributed by atoms with Crippen LogP contribution in [0.4, 0.5) is 10.1 Å². The van der Waals surface area contributed by atoms with Crippen molar-refractivity contribution in [2.75, 3.05) is 5.73 Å². The molecule has 0 saturated heterocycles. The first-order valence-corrected chi connectivity index (χ1v) is 6.87. The number of hydrogen-bond donors (Lipinski definition) is 1. The Hall–Kier alpha value is -3.88. The average molecular weight is 314 g/mol. The van der Waals surface area contributed by atoms with Crippen LogP contribution in [0.25, 0.3) is 17.7 Å². The lowest BCUT2D eigenvalue weighted by atomic mass is 10.00. The molecule has 2 aromatic carbocycles. The summed E-state index contributed by atoms with van der Waals surface area (Å²) in [4.78, 5) is 0. The smallest absolute Gasteiger partial charge is 0.148 e. The van der Waals surface area contributed by atoms with Crippen LogP contribution >= 0.6 is 0 Å².